The second kappa shape index (κ2) is 6.54. The van der Waals surface area contributed by atoms with Gasteiger partial charge < -0.3 is 0 Å². The highest BCUT2D eigenvalue weighted by molar-refractivity contribution is 7.98. The number of hydrogen-bond donors (Lipinski definition) is 0. The minimum absolute atomic E-state index is 0.555. The van der Waals surface area contributed by atoms with Crippen LogP contribution in [0.15, 0.2) is 41.3 Å². The van der Waals surface area contributed by atoms with Crippen molar-refractivity contribution in [2.24, 2.45) is 0 Å². The van der Waals surface area contributed by atoms with Gasteiger partial charge in [0.2, 0.25) is 0 Å². The standard InChI is InChI=1S/C14H8Cl3NS/c15-11-3-4-12(16)14(6-11)19-8-10-2-1-9(7-18)5-13(10)17/h1-6H,8H2. The van der Waals surface area contributed by atoms with Crippen molar-refractivity contribution in [3.05, 3.63) is 62.6 Å². The molecule has 96 valence electrons. The number of halogens is 3. The summed E-state index contributed by atoms with van der Waals surface area (Å²) in [6.07, 6.45) is 0. The molecule has 0 aliphatic carbocycles. The van der Waals surface area contributed by atoms with Gasteiger partial charge in [0.05, 0.1) is 16.7 Å². The first-order valence-corrected chi connectivity index (χ1v) is 7.48. The summed E-state index contributed by atoms with van der Waals surface area (Å²) in [4.78, 5) is 0.912. The molecule has 0 fully saturated rings. The number of nitrogens with zero attached hydrogens (tertiary/aromatic N) is 1. The molecule has 0 aliphatic heterocycles. The van der Waals surface area contributed by atoms with Crippen molar-refractivity contribution in [3.63, 3.8) is 0 Å². The normalized spacial score (nSPS) is 10.2. The largest absolute Gasteiger partial charge is 0.192 e. The summed E-state index contributed by atoms with van der Waals surface area (Å²) in [6.45, 7) is 0. The predicted molar refractivity (Wildman–Crippen MR) is 82.2 cm³/mol. The average Bonchev–Trinajstić information content (AvgIpc) is 2.40. The van der Waals surface area contributed by atoms with Gasteiger partial charge in [-0.1, -0.05) is 40.9 Å². The molecular weight excluding hydrogens is 321 g/mol. The lowest BCUT2D eigenvalue weighted by atomic mass is 10.2. The fourth-order valence-corrected chi connectivity index (χ4v) is 3.30. The fraction of sp³-hybridized carbons (Fsp3) is 0.0714. The first kappa shape index (κ1) is 14.6. The summed E-state index contributed by atoms with van der Waals surface area (Å²) >= 11 is 19.7. The Kier molecular flexibility index (Phi) is 5.01. The van der Waals surface area contributed by atoms with Crippen LogP contribution in [0.5, 0.6) is 0 Å². The molecule has 0 atom stereocenters. The highest BCUT2D eigenvalue weighted by atomic mass is 35.5. The first-order chi connectivity index (χ1) is 9.10. The summed E-state index contributed by atoms with van der Waals surface area (Å²) < 4.78 is 0. The molecule has 19 heavy (non-hydrogen) atoms. The molecule has 1 nitrogen and oxygen atoms in total. The van der Waals surface area contributed by atoms with Crippen molar-refractivity contribution in [2.75, 3.05) is 0 Å². The highest BCUT2D eigenvalue weighted by Crippen LogP contribution is 2.33. The van der Waals surface area contributed by atoms with Crippen molar-refractivity contribution in [1.29, 1.82) is 5.26 Å². The lowest BCUT2D eigenvalue weighted by Gasteiger charge is -2.06. The SMILES string of the molecule is N#Cc1ccc(CSc2cc(Cl)ccc2Cl)c(Cl)c1. The van der Waals surface area contributed by atoms with E-state index in [1.54, 1.807) is 36.0 Å². The average molecular weight is 329 g/mol. The van der Waals surface area contributed by atoms with E-state index in [0.29, 0.717) is 26.4 Å². The van der Waals surface area contributed by atoms with Gasteiger partial charge in [0.1, 0.15) is 0 Å². The lowest BCUT2D eigenvalue weighted by Crippen LogP contribution is -1.85. The maximum Gasteiger partial charge on any atom is 0.0992 e. The van der Waals surface area contributed by atoms with Gasteiger partial charge in [-0.25, -0.2) is 0 Å². The summed E-state index contributed by atoms with van der Waals surface area (Å²) in [7, 11) is 0. The summed E-state index contributed by atoms with van der Waals surface area (Å²) in [5.41, 5.74) is 1.52. The molecule has 0 bridgehead atoms. The maximum atomic E-state index is 8.78. The Morgan fingerprint density at radius 2 is 1.79 bits per heavy atom. The monoisotopic (exact) mass is 327 g/mol. The van der Waals surface area contributed by atoms with E-state index in [0.717, 1.165) is 10.5 Å². The zero-order chi connectivity index (χ0) is 13.8. The zero-order valence-electron chi connectivity index (χ0n) is 9.66. The van der Waals surface area contributed by atoms with Crippen LogP contribution < -0.4 is 0 Å². The molecule has 0 radical (unpaired) electrons. The van der Waals surface area contributed by atoms with E-state index in [1.165, 1.54) is 0 Å². The quantitative estimate of drug-likeness (QED) is 0.664. The van der Waals surface area contributed by atoms with Crippen LogP contribution in [-0.2, 0) is 5.75 Å². The molecule has 5 heteroatoms. The third kappa shape index (κ3) is 3.81. The third-order valence-corrected chi connectivity index (χ3v) is 4.59. The molecule has 2 aromatic rings. The second-order valence-electron chi connectivity index (χ2n) is 3.78. The molecule has 0 saturated carbocycles. The minimum Gasteiger partial charge on any atom is -0.192 e. The van der Waals surface area contributed by atoms with Crippen molar-refractivity contribution in [2.45, 2.75) is 10.6 Å². The molecule has 0 heterocycles. The van der Waals surface area contributed by atoms with Crippen LogP contribution in [0, 0.1) is 11.3 Å². The smallest absolute Gasteiger partial charge is 0.0992 e. The third-order valence-electron chi connectivity index (χ3n) is 2.46. The Labute approximate surface area is 131 Å². The molecule has 2 rings (SSSR count). The summed E-state index contributed by atoms with van der Waals surface area (Å²) in [5.74, 6) is 0.671. The lowest BCUT2D eigenvalue weighted by molar-refractivity contribution is 1.37. The number of thioether (sulfide) groups is 1. The van der Waals surface area contributed by atoms with Gasteiger partial charge in [-0.05, 0) is 35.9 Å². The van der Waals surface area contributed by atoms with E-state index < -0.39 is 0 Å². The van der Waals surface area contributed by atoms with Crippen molar-refractivity contribution in [3.8, 4) is 6.07 Å². The maximum absolute atomic E-state index is 8.78. The molecule has 0 aromatic heterocycles. The van der Waals surface area contributed by atoms with Gasteiger partial charge >= 0.3 is 0 Å². The van der Waals surface area contributed by atoms with Crippen molar-refractivity contribution < 1.29 is 0 Å². The van der Waals surface area contributed by atoms with E-state index in [4.69, 9.17) is 40.1 Å². The van der Waals surface area contributed by atoms with E-state index in [-0.39, 0.29) is 0 Å². The van der Waals surface area contributed by atoms with Gasteiger partial charge in [0, 0.05) is 20.7 Å². The summed E-state index contributed by atoms with van der Waals surface area (Å²) in [6, 6.07) is 12.7. The Hall–Kier alpha value is -0.850. The molecular formula is C14H8Cl3NS. The number of hydrogen-bond acceptors (Lipinski definition) is 2. The zero-order valence-corrected chi connectivity index (χ0v) is 12.7. The molecule has 0 unspecified atom stereocenters. The first-order valence-electron chi connectivity index (χ1n) is 5.36. The fourth-order valence-electron chi connectivity index (χ4n) is 1.48. The van der Waals surface area contributed by atoms with Crippen LogP contribution in [0.1, 0.15) is 11.1 Å². The van der Waals surface area contributed by atoms with Crippen LogP contribution in [0.2, 0.25) is 15.1 Å². The molecule has 0 amide bonds. The highest BCUT2D eigenvalue weighted by Gasteiger charge is 2.06. The van der Waals surface area contributed by atoms with E-state index in [1.807, 2.05) is 12.1 Å². The van der Waals surface area contributed by atoms with Crippen LogP contribution in [0.3, 0.4) is 0 Å². The van der Waals surface area contributed by atoms with E-state index >= 15 is 0 Å². The predicted octanol–water partition coefficient (Wildman–Crippen LogP) is 5.81. The number of benzene rings is 2. The second-order valence-corrected chi connectivity index (χ2v) is 6.05. The van der Waals surface area contributed by atoms with E-state index in [2.05, 4.69) is 6.07 Å². The Morgan fingerprint density at radius 3 is 2.47 bits per heavy atom. The topological polar surface area (TPSA) is 23.8 Å². The van der Waals surface area contributed by atoms with Crippen molar-refractivity contribution in [1.82, 2.24) is 0 Å². The summed E-state index contributed by atoms with van der Waals surface area (Å²) in [5, 5.41) is 10.7. The van der Waals surface area contributed by atoms with Crippen molar-refractivity contribution >= 4 is 46.6 Å². The van der Waals surface area contributed by atoms with E-state index in [9.17, 15) is 0 Å². The number of rotatable bonds is 3. The van der Waals surface area contributed by atoms with Gasteiger partial charge in [-0.15, -0.1) is 11.8 Å². The van der Waals surface area contributed by atoms with Crippen LogP contribution >= 0.6 is 46.6 Å². The molecule has 0 N–H and O–H groups in total. The molecule has 0 saturated heterocycles. The molecule has 2 aromatic carbocycles. The van der Waals surface area contributed by atoms with Gasteiger partial charge in [-0.3, -0.25) is 0 Å². The molecule has 0 aliphatic rings. The number of nitriles is 1. The van der Waals surface area contributed by atoms with Crippen LogP contribution in [0.4, 0.5) is 0 Å². The van der Waals surface area contributed by atoms with Crippen LogP contribution in [-0.4, -0.2) is 0 Å². The van der Waals surface area contributed by atoms with Gasteiger partial charge in [0.25, 0.3) is 0 Å². The van der Waals surface area contributed by atoms with Gasteiger partial charge in [-0.2, -0.15) is 5.26 Å². The van der Waals surface area contributed by atoms with Gasteiger partial charge in [0.15, 0.2) is 0 Å². The Morgan fingerprint density at radius 1 is 1.00 bits per heavy atom. The van der Waals surface area contributed by atoms with Crippen LogP contribution in [0.25, 0.3) is 0 Å². The Balaban J connectivity index is 2.15. The Bertz CT molecular complexity index is 650. The minimum atomic E-state index is 0.555. The molecule has 0 spiro atoms.